The van der Waals surface area contributed by atoms with Crippen molar-refractivity contribution in [1.29, 1.82) is 0 Å². The molecule has 3 rings (SSSR count). The number of rotatable bonds is 2. The monoisotopic (exact) mass is 290 g/mol. The molecule has 0 aliphatic rings. The third kappa shape index (κ3) is 1.66. The van der Waals surface area contributed by atoms with Crippen LogP contribution in [-0.2, 0) is 0 Å². The van der Waals surface area contributed by atoms with Gasteiger partial charge in [-0.25, -0.2) is 14.6 Å². The van der Waals surface area contributed by atoms with Crippen molar-refractivity contribution >= 4 is 39.0 Å². The van der Waals surface area contributed by atoms with Gasteiger partial charge < -0.3 is 15.3 Å². The van der Waals surface area contributed by atoms with Crippen molar-refractivity contribution < 1.29 is 29.3 Å². The summed E-state index contributed by atoms with van der Waals surface area (Å²) in [6.45, 7) is 0. The Morgan fingerprint density at radius 3 is 2.65 bits per heavy atom. The average molecular weight is 290 g/mol. The zero-order valence-corrected chi connectivity index (χ0v) is 10.5. The quantitative estimate of drug-likeness (QED) is 0.664. The van der Waals surface area contributed by atoms with Gasteiger partial charge in [-0.2, -0.15) is 0 Å². The number of aromatic nitrogens is 2. The predicted molar refractivity (Wildman–Crippen MR) is 66.1 cm³/mol. The van der Waals surface area contributed by atoms with Crippen LogP contribution in [0.1, 0.15) is 21.0 Å². The summed E-state index contributed by atoms with van der Waals surface area (Å²) in [5, 5.41) is 31.7. The van der Waals surface area contributed by atoms with Gasteiger partial charge in [0, 0.05) is 0 Å². The number of carbonyl (C=O) groups is 2. The molecular formula is C12H6N2O5S. The van der Waals surface area contributed by atoms with Gasteiger partial charge in [-0.05, 0) is 17.9 Å². The summed E-state index contributed by atoms with van der Waals surface area (Å²) in [4.78, 5) is 26.3. The van der Waals surface area contributed by atoms with Crippen LogP contribution in [0.4, 0.5) is 0 Å². The van der Waals surface area contributed by atoms with Gasteiger partial charge in [0.1, 0.15) is 5.69 Å². The maximum atomic E-state index is 12.0. The molecule has 0 saturated heterocycles. The number of hydrogen-bond donors (Lipinski definition) is 2. The summed E-state index contributed by atoms with van der Waals surface area (Å²) < 4.78 is 1.28. The summed E-state index contributed by atoms with van der Waals surface area (Å²) in [6, 6.07) is 2.74. The minimum absolute atomic E-state index is 0.0173. The van der Waals surface area contributed by atoms with E-state index in [-0.39, 0.29) is 16.9 Å². The molecule has 0 atom stereocenters. The fourth-order valence-electron chi connectivity index (χ4n) is 1.93. The molecule has 0 fully saturated rings. The number of fused-ring (bicyclic) bond motifs is 3. The largest absolute Gasteiger partial charge is 0.867 e. The highest BCUT2D eigenvalue weighted by molar-refractivity contribution is 7.16. The smallest absolute Gasteiger partial charge is 0.402 e. The number of nitrogens with zero attached hydrogens (tertiary/aromatic N) is 2. The minimum atomic E-state index is -1.23. The van der Waals surface area contributed by atoms with E-state index >= 15 is 0 Å². The molecule has 0 aromatic carbocycles. The highest BCUT2D eigenvalue weighted by Crippen LogP contribution is 2.26. The molecule has 0 bridgehead atoms. The first-order valence-corrected chi connectivity index (χ1v) is 6.27. The van der Waals surface area contributed by atoms with Gasteiger partial charge in [0.05, 0.1) is 16.3 Å². The lowest BCUT2D eigenvalue weighted by atomic mass is 10.2. The zero-order valence-electron chi connectivity index (χ0n) is 9.73. The number of aromatic carboxylic acids is 2. The van der Waals surface area contributed by atoms with Crippen LogP contribution >= 0.6 is 11.3 Å². The van der Waals surface area contributed by atoms with E-state index in [0.29, 0.717) is 10.2 Å². The van der Waals surface area contributed by atoms with E-state index in [1.165, 1.54) is 21.9 Å². The third-order valence-corrected chi connectivity index (χ3v) is 3.79. The highest BCUT2D eigenvalue weighted by Gasteiger charge is 2.23. The number of pyridine rings is 2. The fraction of sp³-hybridized carbons (Fsp3) is 0. The Hall–Kier alpha value is -2.74. The van der Waals surface area contributed by atoms with Crippen LogP contribution in [0.15, 0.2) is 23.7 Å². The molecule has 0 aliphatic carbocycles. The lowest BCUT2D eigenvalue weighted by Crippen LogP contribution is -2.28. The Morgan fingerprint density at radius 1 is 1.25 bits per heavy atom. The van der Waals surface area contributed by atoms with Gasteiger partial charge in [-0.3, -0.25) is 0 Å². The van der Waals surface area contributed by atoms with Crippen molar-refractivity contribution in [1.82, 2.24) is 4.98 Å². The predicted octanol–water partition coefficient (Wildman–Crippen LogP) is 0.505. The van der Waals surface area contributed by atoms with E-state index in [9.17, 15) is 14.7 Å². The van der Waals surface area contributed by atoms with Crippen LogP contribution in [0, 0.1) is 0 Å². The molecular weight excluding hydrogens is 284 g/mol. The molecule has 100 valence electrons. The second-order valence-corrected chi connectivity index (χ2v) is 4.85. The molecule has 0 aliphatic heterocycles. The Bertz CT molecular complexity index is 886. The van der Waals surface area contributed by atoms with Crippen LogP contribution in [0.25, 0.3) is 15.7 Å². The van der Waals surface area contributed by atoms with Gasteiger partial charge in [0.25, 0.3) is 4.83 Å². The first kappa shape index (κ1) is 12.3. The van der Waals surface area contributed by atoms with Gasteiger partial charge >= 0.3 is 17.6 Å². The number of thiazole rings is 1. The van der Waals surface area contributed by atoms with Gasteiger partial charge in [-0.1, -0.05) is 11.3 Å². The number of carboxylic acid groups (broad SMARTS) is 2. The Morgan fingerprint density at radius 2 is 2.00 bits per heavy atom. The van der Waals surface area contributed by atoms with Crippen LogP contribution in [0.2, 0.25) is 0 Å². The van der Waals surface area contributed by atoms with Crippen LogP contribution in [0.5, 0.6) is 5.75 Å². The molecule has 8 heteroatoms. The summed E-state index contributed by atoms with van der Waals surface area (Å²) in [7, 11) is 0. The maximum absolute atomic E-state index is 12.0. The maximum Gasteiger partial charge on any atom is 0.402 e. The number of hydrogen-bond acceptors (Lipinski definition) is 5. The summed E-state index contributed by atoms with van der Waals surface area (Å²) in [5.74, 6) is -2.90. The highest BCUT2D eigenvalue weighted by atomic mass is 32.1. The van der Waals surface area contributed by atoms with Gasteiger partial charge in [-0.15, -0.1) is 4.40 Å². The van der Waals surface area contributed by atoms with Gasteiger partial charge in [0.2, 0.25) is 0 Å². The molecule has 0 spiro atoms. The molecule has 7 nitrogen and oxygen atoms in total. The van der Waals surface area contributed by atoms with E-state index < -0.39 is 17.7 Å². The molecule has 0 unspecified atom stereocenters. The third-order valence-electron chi connectivity index (χ3n) is 2.80. The number of carboxylic acids is 2. The second kappa shape index (κ2) is 4.14. The normalized spacial score (nSPS) is 11.0. The molecule has 3 aromatic heterocycles. The molecule has 20 heavy (non-hydrogen) atoms. The average Bonchev–Trinajstić information content (AvgIpc) is 2.82. The van der Waals surface area contributed by atoms with Crippen LogP contribution in [0.3, 0.4) is 0 Å². The van der Waals surface area contributed by atoms with Crippen molar-refractivity contribution in [2.75, 3.05) is 0 Å². The molecule has 0 amide bonds. The molecule has 0 saturated carbocycles. The summed E-state index contributed by atoms with van der Waals surface area (Å²) >= 11 is 1.15. The standard InChI is InChI=1S/C12H6N2O5S/c15-8-3-14-7(12(18)19)4-20-10(14)5-1-2-6(11(16)17)13-9(5)8/h1-4H,(H2-,15,16,17,18,19). The van der Waals surface area contributed by atoms with Crippen LogP contribution < -0.4 is 9.51 Å². The topological polar surface area (TPSA) is 115 Å². The first-order valence-electron chi connectivity index (χ1n) is 5.39. The molecule has 2 N–H and O–H groups in total. The van der Waals surface area contributed by atoms with Crippen LogP contribution in [-0.4, -0.2) is 27.1 Å². The molecule has 3 heterocycles. The SMILES string of the molecule is O=C(O)c1ccc2c(n1)c([O-])c[n+]1c(C(=O)O)csc21. The van der Waals surface area contributed by atoms with Gasteiger partial charge in [0.15, 0.2) is 6.20 Å². The Kier molecular flexibility index (Phi) is 2.54. The molecule has 0 radical (unpaired) electrons. The van der Waals surface area contributed by atoms with E-state index in [1.807, 2.05) is 0 Å². The summed E-state index contributed by atoms with van der Waals surface area (Å²) in [5.41, 5.74) is -0.232. The van der Waals surface area contributed by atoms with Crippen molar-refractivity contribution in [2.24, 2.45) is 0 Å². The zero-order chi connectivity index (χ0) is 14.4. The van der Waals surface area contributed by atoms with E-state index in [0.717, 1.165) is 17.5 Å². The fourth-order valence-corrected chi connectivity index (χ4v) is 2.92. The first-order chi connectivity index (χ1) is 9.49. The van der Waals surface area contributed by atoms with E-state index in [1.54, 1.807) is 0 Å². The van der Waals surface area contributed by atoms with Crippen molar-refractivity contribution in [2.45, 2.75) is 0 Å². The van der Waals surface area contributed by atoms with Crippen molar-refractivity contribution in [3.8, 4) is 5.75 Å². The Labute approximate surface area is 115 Å². The minimum Gasteiger partial charge on any atom is -0.867 e. The lowest BCUT2D eigenvalue weighted by molar-refractivity contribution is -0.515. The Balaban J connectivity index is 2.43. The summed E-state index contributed by atoms with van der Waals surface area (Å²) in [6.07, 6.45) is 1.11. The van der Waals surface area contributed by atoms with Crippen molar-refractivity contribution in [3.05, 3.63) is 35.1 Å². The molecule has 3 aromatic rings. The second-order valence-electron chi connectivity index (χ2n) is 3.99. The van der Waals surface area contributed by atoms with E-state index in [4.69, 9.17) is 10.2 Å². The lowest BCUT2D eigenvalue weighted by Gasteiger charge is -2.06. The van der Waals surface area contributed by atoms with Crippen molar-refractivity contribution in [3.63, 3.8) is 0 Å². The van der Waals surface area contributed by atoms with E-state index in [2.05, 4.69) is 4.98 Å².